The lowest BCUT2D eigenvalue weighted by atomic mass is 10.3. The van der Waals surface area contributed by atoms with Crippen LogP contribution in [0.2, 0.25) is 0 Å². The normalized spacial score (nSPS) is 12.9. The van der Waals surface area contributed by atoms with Gasteiger partial charge in [-0.2, -0.15) is 20.5 Å². The van der Waals surface area contributed by atoms with Crippen LogP contribution in [0.5, 0.6) is 0 Å². The molecule has 0 saturated carbocycles. The molecule has 0 bridgehead atoms. The highest BCUT2D eigenvalue weighted by molar-refractivity contribution is 7.10. The van der Waals surface area contributed by atoms with Crippen LogP contribution in [0.25, 0.3) is 0 Å². The smallest absolute Gasteiger partial charge is 0.153 e. The molecule has 0 aliphatic carbocycles. The first-order chi connectivity index (χ1) is 10.9. The van der Waals surface area contributed by atoms with E-state index in [-0.39, 0.29) is 0 Å². The highest BCUT2D eigenvalue weighted by Gasteiger charge is 2.10. The summed E-state index contributed by atoms with van der Waals surface area (Å²) in [6.45, 7) is 0. The molecule has 0 N–H and O–H groups in total. The molecule has 0 fully saturated rings. The predicted octanol–water partition coefficient (Wildman–Crippen LogP) is 6.31. The topological polar surface area (TPSA) is 49.4 Å². The molecule has 2 aromatic carbocycles. The molecular weight excluding hydrogens is 292 g/mol. The lowest BCUT2D eigenvalue weighted by Crippen LogP contribution is -1.85. The predicted molar refractivity (Wildman–Crippen MR) is 89.0 cm³/mol. The fraction of sp³-hybridized carbons (Fsp3) is 0.0588. The van der Waals surface area contributed by atoms with Gasteiger partial charge in [0, 0.05) is 0 Å². The Balaban J connectivity index is 1.82. The van der Waals surface area contributed by atoms with Gasteiger partial charge in [-0.15, -0.1) is 11.3 Å². The quantitative estimate of drug-likeness (QED) is 0.496. The minimum absolute atomic E-state index is 0.416. The molecule has 0 spiro atoms. The SMILES string of the molecule is c1ccc(N=NC(N=Nc2ccccc2)c2cccs2)cc1. The maximum absolute atomic E-state index is 4.33. The highest BCUT2D eigenvalue weighted by atomic mass is 32.1. The van der Waals surface area contributed by atoms with Gasteiger partial charge in [0.05, 0.1) is 16.3 Å². The molecular formula is C17H14N4S. The first kappa shape index (κ1) is 14.3. The van der Waals surface area contributed by atoms with Gasteiger partial charge >= 0.3 is 0 Å². The largest absolute Gasteiger partial charge is 0.215 e. The molecule has 3 rings (SSSR count). The highest BCUT2D eigenvalue weighted by Crippen LogP contribution is 2.27. The molecule has 1 aromatic heterocycles. The summed E-state index contributed by atoms with van der Waals surface area (Å²) < 4.78 is 0. The molecule has 0 radical (unpaired) electrons. The number of rotatable bonds is 5. The van der Waals surface area contributed by atoms with Gasteiger partial charge in [0.1, 0.15) is 0 Å². The molecule has 0 aliphatic rings. The third kappa shape index (κ3) is 3.93. The van der Waals surface area contributed by atoms with Crippen molar-refractivity contribution in [2.75, 3.05) is 0 Å². The third-order valence-corrected chi connectivity index (χ3v) is 3.79. The summed E-state index contributed by atoms with van der Waals surface area (Å²) in [6.07, 6.45) is -0.416. The summed E-state index contributed by atoms with van der Waals surface area (Å²) in [7, 11) is 0. The van der Waals surface area contributed by atoms with Crippen LogP contribution in [-0.2, 0) is 0 Å². The molecule has 0 saturated heterocycles. The Morgan fingerprint density at radius 2 is 1.18 bits per heavy atom. The van der Waals surface area contributed by atoms with E-state index in [2.05, 4.69) is 20.5 Å². The first-order valence-corrected chi connectivity index (χ1v) is 7.75. The van der Waals surface area contributed by atoms with Gasteiger partial charge in [-0.1, -0.05) is 42.5 Å². The summed E-state index contributed by atoms with van der Waals surface area (Å²) in [5.74, 6) is 0. The second kappa shape index (κ2) is 7.38. The fourth-order valence-corrected chi connectivity index (χ4v) is 2.49. The number of hydrogen-bond acceptors (Lipinski definition) is 5. The van der Waals surface area contributed by atoms with Gasteiger partial charge < -0.3 is 0 Å². The number of thiophene rings is 1. The third-order valence-electron chi connectivity index (χ3n) is 2.88. The molecule has 0 aliphatic heterocycles. The van der Waals surface area contributed by atoms with Crippen molar-refractivity contribution in [3.05, 3.63) is 83.1 Å². The summed E-state index contributed by atoms with van der Waals surface area (Å²) in [5, 5.41) is 19.2. The van der Waals surface area contributed by atoms with Crippen LogP contribution in [0, 0.1) is 0 Å². The van der Waals surface area contributed by atoms with Gasteiger partial charge in [-0.3, -0.25) is 0 Å². The van der Waals surface area contributed by atoms with E-state index in [9.17, 15) is 0 Å². The molecule has 0 unspecified atom stereocenters. The summed E-state index contributed by atoms with van der Waals surface area (Å²) in [6, 6.07) is 23.2. The van der Waals surface area contributed by atoms with Crippen LogP contribution >= 0.6 is 11.3 Å². The molecule has 22 heavy (non-hydrogen) atoms. The Bertz CT molecular complexity index is 687. The van der Waals surface area contributed by atoms with Crippen molar-refractivity contribution in [1.82, 2.24) is 0 Å². The van der Waals surface area contributed by atoms with E-state index < -0.39 is 6.17 Å². The lowest BCUT2D eigenvalue weighted by molar-refractivity contribution is 0.702. The second-order valence-corrected chi connectivity index (χ2v) is 5.47. The molecule has 1 heterocycles. The number of nitrogens with zero attached hydrogens (tertiary/aromatic N) is 4. The molecule has 5 heteroatoms. The standard InChI is InChI=1S/C17H14N4S/c1-3-8-14(9-4-1)18-20-17(16-12-7-13-22-16)21-19-15-10-5-2-6-11-15/h1-13,17H. The lowest BCUT2D eigenvalue weighted by Gasteiger charge is -2.02. The first-order valence-electron chi connectivity index (χ1n) is 6.87. The van der Waals surface area contributed by atoms with Crippen molar-refractivity contribution in [3.63, 3.8) is 0 Å². The van der Waals surface area contributed by atoms with Crippen LogP contribution in [-0.4, -0.2) is 0 Å². The van der Waals surface area contributed by atoms with Gasteiger partial charge in [0.25, 0.3) is 0 Å². The number of benzene rings is 2. The molecule has 0 amide bonds. The zero-order valence-electron chi connectivity index (χ0n) is 11.8. The van der Waals surface area contributed by atoms with Crippen molar-refractivity contribution in [2.24, 2.45) is 20.5 Å². The van der Waals surface area contributed by atoms with Crippen LogP contribution < -0.4 is 0 Å². The zero-order chi connectivity index (χ0) is 15.0. The van der Waals surface area contributed by atoms with Crippen molar-refractivity contribution in [3.8, 4) is 0 Å². The Labute approximate surface area is 132 Å². The fourth-order valence-electron chi connectivity index (χ4n) is 1.81. The molecule has 4 nitrogen and oxygen atoms in total. The van der Waals surface area contributed by atoms with E-state index in [1.54, 1.807) is 11.3 Å². The van der Waals surface area contributed by atoms with Crippen molar-refractivity contribution >= 4 is 22.7 Å². The Kier molecular flexibility index (Phi) is 4.79. The van der Waals surface area contributed by atoms with Gasteiger partial charge in [0.2, 0.25) is 6.17 Å². The van der Waals surface area contributed by atoms with Crippen LogP contribution in [0.1, 0.15) is 11.0 Å². The van der Waals surface area contributed by atoms with Crippen LogP contribution in [0.3, 0.4) is 0 Å². The summed E-state index contributed by atoms with van der Waals surface area (Å²) in [5.41, 5.74) is 1.61. The van der Waals surface area contributed by atoms with Gasteiger partial charge in [-0.25, -0.2) is 0 Å². The minimum atomic E-state index is -0.416. The average molecular weight is 306 g/mol. The molecule has 3 aromatic rings. The number of hydrogen-bond donors (Lipinski definition) is 0. The Hall–Kier alpha value is -2.66. The zero-order valence-corrected chi connectivity index (χ0v) is 12.6. The van der Waals surface area contributed by atoms with Crippen molar-refractivity contribution in [2.45, 2.75) is 6.17 Å². The minimum Gasteiger partial charge on any atom is -0.153 e. The van der Waals surface area contributed by atoms with Gasteiger partial charge in [-0.05, 0) is 35.7 Å². The monoisotopic (exact) mass is 306 g/mol. The Morgan fingerprint density at radius 3 is 1.64 bits per heavy atom. The Morgan fingerprint density at radius 1 is 0.636 bits per heavy atom. The van der Waals surface area contributed by atoms with Crippen LogP contribution in [0.4, 0.5) is 11.4 Å². The van der Waals surface area contributed by atoms with Crippen LogP contribution in [0.15, 0.2) is 98.6 Å². The van der Waals surface area contributed by atoms with E-state index in [0.717, 1.165) is 16.3 Å². The van der Waals surface area contributed by atoms with E-state index in [0.29, 0.717) is 0 Å². The summed E-state index contributed by atoms with van der Waals surface area (Å²) in [4.78, 5) is 1.01. The number of azo groups is 2. The molecule has 108 valence electrons. The van der Waals surface area contributed by atoms with E-state index in [4.69, 9.17) is 0 Å². The van der Waals surface area contributed by atoms with E-state index >= 15 is 0 Å². The van der Waals surface area contributed by atoms with E-state index in [1.807, 2.05) is 78.2 Å². The van der Waals surface area contributed by atoms with E-state index in [1.165, 1.54) is 0 Å². The maximum atomic E-state index is 4.33. The van der Waals surface area contributed by atoms with Gasteiger partial charge in [0.15, 0.2) is 0 Å². The van der Waals surface area contributed by atoms with Crippen molar-refractivity contribution < 1.29 is 0 Å². The van der Waals surface area contributed by atoms with Crippen molar-refractivity contribution in [1.29, 1.82) is 0 Å². The average Bonchev–Trinajstić information content (AvgIpc) is 3.11. The molecule has 0 atom stereocenters. The second-order valence-electron chi connectivity index (χ2n) is 4.49. The maximum Gasteiger partial charge on any atom is 0.215 e. The summed E-state index contributed by atoms with van der Waals surface area (Å²) >= 11 is 1.59.